The highest BCUT2D eigenvalue weighted by Gasteiger charge is 2.08. The van der Waals surface area contributed by atoms with Crippen LogP contribution >= 0.6 is 0 Å². The molecule has 3 nitrogen and oxygen atoms in total. The topological polar surface area (TPSA) is 52.5 Å². The molecule has 0 fully saturated rings. The Morgan fingerprint density at radius 2 is 2.00 bits per heavy atom. The lowest BCUT2D eigenvalue weighted by atomic mass is 10.0. The van der Waals surface area contributed by atoms with Crippen LogP contribution in [0.2, 0.25) is 0 Å². The monoisotopic (exact) mass is 209 g/mol. The Labute approximate surface area is 90.8 Å². The van der Waals surface area contributed by atoms with E-state index in [0.29, 0.717) is 0 Å². The molecule has 0 saturated carbocycles. The second-order valence-electron chi connectivity index (χ2n) is 3.88. The molecule has 0 saturated heterocycles. The quantitative estimate of drug-likeness (QED) is 0.683. The minimum absolute atomic E-state index is 0.0656. The van der Waals surface area contributed by atoms with Crippen molar-refractivity contribution in [3.05, 3.63) is 35.4 Å². The third kappa shape index (κ3) is 3.63. The van der Waals surface area contributed by atoms with Gasteiger partial charge in [0.2, 0.25) is 0 Å². The fourth-order valence-electron chi connectivity index (χ4n) is 1.54. The van der Waals surface area contributed by atoms with Gasteiger partial charge in [0.1, 0.15) is 0 Å². The van der Waals surface area contributed by atoms with Gasteiger partial charge in [0.15, 0.2) is 0 Å². The fourth-order valence-corrected chi connectivity index (χ4v) is 1.54. The van der Waals surface area contributed by atoms with Crippen LogP contribution < -0.4 is 5.32 Å². The van der Waals surface area contributed by atoms with Crippen LogP contribution in [0.25, 0.3) is 0 Å². The Morgan fingerprint density at radius 1 is 1.27 bits per heavy atom. The van der Waals surface area contributed by atoms with Crippen LogP contribution in [0.4, 0.5) is 0 Å². The van der Waals surface area contributed by atoms with Gasteiger partial charge in [-0.2, -0.15) is 0 Å². The van der Waals surface area contributed by atoms with Gasteiger partial charge in [-0.05, 0) is 25.0 Å². The van der Waals surface area contributed by atoms with Crippen molar-refractivity contribution in [3.8, 4) is 0 Å². The molecule has 1 rings (SSSR count). The van der Waals surface area contributed by atoms with Crippen molar-refractivity contribution in [2.75, 3.05) is 6.61 Å². The van der Waals surface area contributed by atoms with Crippen LogP contribution in [0.15, 0.2) is 24.3 Å². The van der Waals surface area contributed by atoms with Gasteiger partial charge in [0, 0.05) is 12.1 Å². The van der Waals surface area contributed by atoms with E-state index in [2.05, 4.69) is 5.32 Å². The molecule has 0 aliphatic rings. The molecule has 0 aromatic heterocycles. The van der Waals surface area contributed by atoms with Crippen LogP contribution in [0.1, 0.15) is 31.0 Å². The molecule has 1 aromatic carbocycles. The number of rotatable bonds is 5. The molecule has 0 amide bonds. The molecule has 3 heteroatoms. The molecule has 0 radical (unpaired) electrons. The molecular weight excluding hydrogens is 190 g/mol. The Balaban J connectivity index is 2.68. The molecule has 15 heavy (non-hydrogen) atoms. The van der Waals surface area contributed by atoms with E-state index in [0.717, 1.165) is 11.1 Å². The summed E-state index contributed by atoms with van der Waals surface area (Å²) in [6.07, 6.45) is 0. The zero-order chi connectivity index (χ0) is 11.3. The molecule has 0 spiro atoms. The molecule has 0 aliphatic carbocycles. The summed E-state index contributed by atoms with van der Waals surface area (Å²) in [5.74, 6) is 0. The Bertz CT molecular complexity index is 301. The highest BCUT2D eigenvalue weighted by atomic mass is 16.3. The zero-order valence-corrected chi connectivity index (χ0v) is 9.27. The van der Waals surface area contributed by atoms with Crippen molar-refractivity contribution in [3.63, 3.8) is 0 Å². The van der Waals surface area contributed by atoms with Gasteiger partial charge in [-0.25, -0.2) is 0 Å². The van der Waals surface area contributed by atoms with E-state index in [1.165, 1.54) is 0 Å². The third-order valence-electron chi connectivity index (χ3n) is 2.44. The van der Waals surface area contributed by atoms with Crippen LogP contribution in [0.5, 0.6) is 0 Å². The van der Waals surface area contributed by atoms with Gasteiger partial charge < -0.3 is 15.5 Å². The van der Waals surface area contributed by atoms with E-state index in [9.17, 15) is 0 Å². The number of benzene rings is 1. The van der Waals surface area contributed by atoms with E-state index in [1.807, 2.05) is 38.1 Å². The molecule has 84 valence electrons. The summed E-state index contributed by atoms with van der Waals surface area (Å²) in [5, 5.41) is 21.2. The summed E-state index contributed by atoms with van der Waals surface area (Å²) in [6.45, 7) is 4.18. The lowest BCUT2D eigenvalue weighted by molar-refractivity contribution is 0.243. The van der Waals surface area contributed by atoms with Gasteiger partial charge in [0.05, 0.1) is 13.2 Å². The number of nitrogens with one attached hydrogen (secondary N) is 1. The fraction of sp³-hybridized carbons (Fsp3) is 0.500. The van der Waals surface area contributed by atoms with Crippen LogP contribution in [-0.4, -0.2) is 22.9 Å². The SMILES string of the molecule is CC(N[C@@H](C)CO)c1cccc(CO)c1. The highest BCUT2D eigenvalue weighted by molar-refractivity contribution is 5.25. The standard InChI is InChI=1S/C12H19NO2/c1-9(7-14)13-10(2)12-5-3-4-11(6-12)8-15/h3-6,9-10,13-15H,7-8H2,1-2H3/t9-,10?/m0/s1. The second kappa shape index (κ2) is 5.85. The Morgan fingerprint density at radius 3 is 2.60 bits per heavy atom. The second-order valence-corrected chi connectivity index (χ2v) is 3.88. The molecule has 1 unspecified atom stereocenters. The van der Waals surface area contributed by atoms with Crippen molar-refractivity contribution in [2.24, 2.45) is 0 Å². The zero-order valence-electron chi connectivity index (χ0n) is 9.27. The summed E-state index contributed by atoms with van der Waals surface area (Å²) < 4.78 is 0. The minimum Gasteiger partial charge on any atom is -0.395 e. The summed E-state index contributed by atoms with van der Waals surface area (Å²) >= 11 is 0. The Kier molecular flexibility index (Phi) is 4.75. The molecule has 0 bridgehead atoms. The number of aliphatic hydroxyl groups excluding tert-OH is 2. The first-order chi connectivity index (χ1) is 7.17. The maximum Gasteiger partial charge on any atom is 0.0681 e. The Hall–Kier alpha value is -0.900. The number of hydrogen-bond acceptors (Lipinski definition) is 3. The number of hydrogen-bond donors (Lipinski definition) is 3. The third-order valence-corrected chi connectivity index (χ3v) is 2.44. The summed E-state index contributed by atoms with van der Waals surface area (Å²) in [7, 11) is 0. The van der Waals surface area contributed by atoms with E-state index < -0.39 is 0 Å². The van der Waals surface area contributed by atoms with E-state index in [-0.39, 0.29) is 25.3 Å². The van der Waals surface area contributed by atoms with Crippen molar-refractivity contribution < 1.29 is 10.2 Å². The van der Waals surface area contributed by atoms with E-state index >= 15 is 0 Å². The molecule has 2 atom stereocenters. The summed E-state index contributed by atoms with van der Waals surface area (Å²) in [5.41, 5.74) is 2.04. The first-order valence-electron chi connectivity index (χ1n) is 5.24. The first kappa shape index (κ1) is 12.2. The van der Waals surface area contributed by atoms with Crippen LogP contribution in [0, 0.1) is 0 Å². The lowest BCUT2D eigenvalue weighted by Crippen LogP contribution is -2.31. The molecular formula is C12H19NO2. The van der Waals surface area contributed by atoms with Gasteiger partial charge in [-0.1, -0.05) is 24.3 Å². The molecule has 1 aromatic rings. The highest BCUT2D eigenvalue weighted by Crippen LogP contribution is 2.14. The predicted octanol–water partition coefficient (Wildman–Crippen LogP) is 1.21. The molecule has 3 N–H and O–H groups in total. The largest absolute Gasteiger partial charge is 0.395 e. The van der Waals surface area contributed by atoms with E-state index in [1.54, 1.807) is 0 Å². The smallest absolute Gasteiger partial charge is 0.0681 e. The van der Waals surface area contributed by atoms with Gasteiger partial charge in [-0.3, -0.25) is 0 Å². The van der Waals surface area contributed by atoms with Gasteiger partial charge >= 0.3 is 0 Å². The average molecular weight is 209 g/mol. The van der Waals surface area contributed by atoms with Crippen molar-refractivity contribution in [1.82, 2.24) is 5.32 Å². The van der Waals surface area contributed by atoms with Gasteiger partial charge in [0.25, 0.3) is 0 Å². The predicted molar refractivity (Wildman–Crippen MR) is 60.5 cm³/mol. The maximum absolute atomic E-state index is 9.01. The minimum atomic E-state index is 0.0656. The van der Waals surface area contributed by atoms with Crippen molar-refractivity contribution in [1.29, 1.82) is 0 Å². The van der Waals surface area contributed by atoms with Gasteiger partial charge in [-0.15, -0.1) is 0 Å². The summed E-state index contributed by atoms with van der Waals surface area (Å²) in [6, 6.07) is 8.08. The van der Waals surface area contributed by atoms with Crippen molar-refractivity contribution >= 4 is 0 Å². The lowest BCUT2D eigenvalue weighted by Gasteiger charge is -2.19. The average Bonchev–Trinajstić information content (AvgIpc) is 2.28. The first-order valence-corrected chi connectivity index (χ1v) is 5.24. The number of aliphatic hydroxyl groups is 2. The normalized spacial score (nSPS) is 14.9. The maximum atomic E-state index is 9.01. The molecule has 0 aliphatic heterocycles. The van der Waals surface area contributed by atoms with Crippen molar-refractivity contribution in [2.45, 2.75) is 32.5 Å². The van der Waals surface area contributed by atoms with Crippen LogP contribution in [-0.2, 0) is 6.61 Å². The summed E-state index contributed by atoms with van der Waals surface area (Å²) in [4.78, 5) is 0. The van der Waals surface area contributed by atoms with Crippen LogP contribution in [0.3, 0.4) is 0 Å². The molecule has 0 heterocycles. The van der Waals surface area contributed by atoms with E-state index in [4.69, 9.17) is 10.2 Å².